The highest BCUT2D eigenvalue weighted by atomic mass is 32.2. The number of nitrogens with zero attached hydrogens (tertiary/aromatic N) is 1. The van der Waals surface area contributed by atoms with Gasteiger partial charge in [-0.2, -0.15) is 0 Å². The molecule has 1 aliphatic rings. The van der Waals surface area contributed by atoms with Gasteiger partial charge in [0.1, 0.15) is 0 Å². The van der Waals surface area contributed by atoms with Crippen molar-refractivity contribution in [2.24, 2.45) is 5.92 Å². The van der Waals surface area contributed by atoms with Crippen molar-refractivity contribution in [2.45, 2.75) is 39.2 Å². The second-order valence-electron chi connectivity index (χ2n) is 5.06. The normalized spacial score (nSPS) is 26.4. The molecule has 0 saturated carbocycles. The van der Waals surface area contributed by atoms with E-state index in [9.17, 15) is 13.5 Å². The van der Waals surface area contributed by atoms with Crippen LogP contribution in [0.3, 0.4) is 0 Å². The minimum atomic E-state index is -3.07. The summed E-state index contributed by atoms with van der Waals surface area (Å²) in [6, 6.07) is 0.238. The van der Waals surface area contributed by atoms with Crippen LogP contribution in [0.4, 0.5) is 0 Å². The summed E-state index contributed by atoms with van der Waals surface area (Å²) in [7, 11) is -3.07. The predicted molar refractivity (Wildman–Crippen MR) is 72.9 cm³/mol. The zero-order valence-corrected chi connectivity index (χ0v) is 12.2. The maximum Gasteiger partial charge on any atom is 0.211 e. The zero-order chi connectivity index (χ0) is 13.6. The molecular weight excluding hydrogens is 252 g/mol. The summed E-state index contributed by atoms with van der Waals surface area (Å²) in [5.74, 6) is 0.656. The largest absolute Gasteiger partial charge is 0.395 e. The van der Waals surface area contributed by atoms with Crippen LogP contribution in [0.15, 0.2) is 0 Å². The molecule has 2 N–H and O–H groups in total. The Bertz CT molecular complexity index is 332. The van der Waals surface area contributed by atoms with Crippen LogP contribution >= 0.6 is 0 Å². The Morgan fingerprint density at radius 1 is 1.44 bits per heavy atom. The highest BCUT2D eigenvalue weighted by Gasteiger charge is 2.27. The number of hydrogen-bond donors (Lipinski definition) is 2. The number of nitrogens with one attached hydrogen (secondary N) is 1. The van der Waals surface area contributed by atoms with Crippen molar-refractivity contribution in [3.05, 3.63) is 0 Å². The summed E-state index contributed by atoms with van der Waals surface area (Å²) >= 11 is 0. The molecule has 2 unspecified atom stereocenters. The number of likely N-dealkylation sites (tertiary alicyclic amines) is 1. The Balaban J connectivity index is 2.29. The summed E-state index contributed by atoms with van der Waals surface area (Å²) in [5, 5.41) is 9.40. The number of sulfonamides is 1. The van der Waals surface area contributed by atoms with Gasteiger partial charge in [0.15, 0.2) is 0 Å². The van der Waals surface area contributed by atoms with Gasteiger partial charge in [0.25, 0.3) is 0 Å². The van der Waals surface area contributed by atoms with Crippen LogP contribution in [0.5, 0.6) is 0 Å². The van der Waals surface area contributed by atoms with Crippen LogP contribution in [0, 0.1) is 5.92 Å². The minimum Gasteiger partial charge on any atom is -0.395 e. The Morgan fingerprint density at radius 2 is 2.17 bits per heavy atom. The van der Waals surface area contributed by atoms with E-state index < -0.39 is 10.0 Å². The number of aliphatic hydroxyl groups is 1. The van der Waals surface area contributed by atoms with Gasteiger partial charge in [-0.05, 0) is 45.2 Å². The van der Waals surface area contributed by atoms with Crippen LogP contribution in [0.25, 0.3) is 0 Å². The molecule has 0 radical (unpaired) electrons. The Labute approximate surface area is 111 Å². The lowest BCUT2D eigenvalue weighted by Gasteiger charge is -2.39. The molecule has 0 spiro atoms. The Hall–Kier alpha value is -0.170. The molecule has 2 atom stereocenters. The first kappa shape index (κ1) is 15.9. The van der Waals surface area contributed by atoms with Gasteiger partial charge in [-0.25, -0.2) is 13.1 Å². The van der Waals surface area contributed by atoms with Gasteiger partial charge in [0.05, 0.1) is 12.4 Å². The molecule has 5 nitrogen and oxygen atoms in total. The Kier molecular flexibility index (Phi) is 6.55. The van der Waals surface area contributed by atoms with Gasteiger partial charge >= 0.3 is 0 Å². The van der Waals surface area contributed by atoms with Gasteiger partial charge in [-0.15, -0.1) is 0 Å². The van der Waals surface area contributed by atoms with Crippen LogP contribution in [-0.4, -0.2) is 56.5 Å². The first-order valence-corrected chi connectivity index (χ1v) is 8.47. The van der Waals surface area contributed by atoms with Crippen LogP contribution in [-0.2, 0) is 10.0 Å². The summed E-state index contributed by atoms with van der Waals surface area (Å²) in [6.45, 7) is 6.35. The van der Waals surface area contributed by atoms with Crippen molar-refractivity contribution in [3.63, 3.8) is 0 Å². The summed E-state index contributed by atoms with van der Waals surface area (Å²) in [5.41, 5.74) is 0. The lowest BCUT2D eigenvalue weighted by atomic mass is 9.91. The van der Waals surface area contributed by atoms with Crippen molar-refractivity contribution >= 4 is 10.0 Å². The minimum absolute atomic E-state index is 0.132. The fraction of sp³-hybridized carbons (Fsp3) is 1.00. The molecule has 0 aliphatic carbocycles. The van der Waals surface area contributed by atoms with E-state index in [1.54, 1.807) is 6.92 Å². The van der Waals surface area contributed by atoms with Gasteiger partial charge in [0, 0.05) is 12.6 Å². The molecule has 108 valence electrons. The first-order chi connectivity index (χ1) is 8.50. The highest BCUT2D eigenvalue weighted by molar-refractivity contribution is 7.89. The molecule has 0 aromatic carbocycles. The van der Waals surface area contributed by atoms with Crippen LogP contribution < -0.4 is 4.72 Å². The predicted octanol–water partition coefficient (Wildman–Crippen LogP) is 0.409. The summed E-state index contributed by atoms with van der Waals surface area (Å²) in [4.78, 5) is 2.29. The van der Waals surface area contributed by atoms with Gasteiger partial charge in [-0.3, -0.25) is 4.90 Å². The van der Waals surface area contributed by atoms with Gasteiger partial charge < -0.3 is 5.11 Å². The van der Waals surface area contributed by atoms with Gasteiger partial charge in [0.2, 0.25) is 10.0 Å². The van der Waals surface area contributed by atoms with Gasteiger partial charge in [-0.1, -0.05) is 6.92 Å². The second kappa shape index (κ2) is 7.43. The van der Waals surface area contributed by atoms with E-state index in [0.29, 0.717) is 12.5 Å². The van der Waals surface area contributed by atoms with Crippen molar-refractivity contribution in [2.75, 3.05) is 32.0 Å². The lowest BCUT2D eigenvalue weighted by molar-refractivity contribution is 0.0525. The maximum atomic E-state index is 11.3. The van der Waals surface area contributed by atoms with E-state index in [4.69, 9.17) is 0 Å². The highest BCUT2D eigenvalue weighted by Crippen LogP contribution is 2.22. The molecule has 1 rings (SSSR count). The van der Waals surface area contributed by atoms with Crippen molar-refractivity contribution in [1.82, 2.24) is 9.62 Å². The standard InChI is InChI=1S/C12H26N2O3S/c1-3-18(16,17)13-7-5-9-14-8-4-6-11(2)12(14)10-15/h11-13,15H,3-10H2,1-2H3. The molecule has 0 aromatic heterocycles. The zero-order valence-electron chi connectivity index (χ0n) is 11.4. The van der Waals surface area contributed by atoms with E-state index in [1.165, 1.54) is 12.8 Å². The number of piperidine rings is 1. The number of aliphatic hydroxyl groups excluding tert-OH is 1. The topological polar surface area (TPSA) is 69.6 Å². The fourth-order valence-corrected chi connectivity index (χ4v) is 3.18. The average molecular weight is 278 g/mol. The molecule has 0 aromatic rings. The Morgan fingerprint density at radius 3 is 2.78 bits per heavy atom. The molecule has 1 fully saturated rings. The van der Waals surface area contributed by atoms with Crippen molar-refractivity contribution in [1.29, 1.82) is 0 Å². The fourth-order valence-electron chi connectivity index (χ4n) is 2.52. The molecule has 1 heterocycles. The van der Waals surface area contributed by atoms with E-state index in [1.807, 2.05) is 0 Å². The maximum absolute atomic E-state index is 11.3. The quantitative estimate of drug-likeness (QED) is 0.662. The monoisotopic (exact) mass is 278 g/mol. The van der Waals surface area contributed by atoms with E-state index in [0.717, 1.165) is 19.5 Å². The van der Waals surface area contributed by atoms with E-state index >= 15 is 0 Å². The molecular formula is C12H26N2O3S. The first-order valence-electron chi connectivity index (χ1n) is 6.82. The van der Waals surface area contributed by atoms with Crippen molar-refractivity contribution < 1.29 is 13.5 Å². The van der Waals surface area contributed by atoms with Crippen LogP contribution in [0.2, 0.25) is 0 Å². The van der Waals surface area contributed by atoms with Crippen molar-refractivity contribution in [3.8, 4) is 0 Å². The number of rotatable bonds is 7. The SMILES string of the molecule is CCS(=O)(=O)NCCCN1CCCC(C)C1CO. The molecule has 18 heavy (non-hydrogen) atoms. The van der Waals surface area contributed by atoms with E-state index in [2.05, 4.69) is 16.5 Å². The summed E-state index contributed by atoms with van der Waals surface area (Å²) < 4.78 is 25.1. The molecule has 0 amide bonds. The number of hydrogen-bond acceptors (Lipinski definition) is 4. The smallest absolute Gasteiger partial charge is 0.211 e. The third-order valence-corrected chi connectivity index (χ3v) is 5.15. The van der Waals surface area contributed by atoms with Crippen LogP contribution in [0.1, 0.15) is 33.1 Å². The third-order valence-electron chi connectivity index (χ3n) is 3.74. The second-order valence-corrected chi connectivity index (χ2v) is 7.15. The molecule has 0 bridgehead atoms. The summed E-state index contributed by atoms with van der Waals surface area (Å²) in [6.07, 6.45) is 3.13. The third kappa shape index (κ3) is 4.84. The molecule has 1 saturated heterocycles. The average Bonchev–Trinajstić information content (AvgIpc) is 2.35. The molecule has 1 aliphatic heterocycles. The molecule has 6 heteroatoms. The lowest BCUT2D eigenvalue weighted by Crippen LogP contribution is -2.47. The van der Waals surface area contributed by atoms with E-state index in [-0.39, 0.29) is 18.4 Å².